The number of pyridine rings is 1. The van der Waals surface area contributed by atoms with Gasteiger partial charge in [0.1, 0.15) is 0 Å². The molecule has 2 heterocycles. The number of hydrogen-bond acceptors (Lipinski definition) is 5. The summed E-state index contributed by atoms with van der Waals surface area (Å²) in [5.74, 6) is -0.429. The molecule has 2 aromatic heterocycles. The molecule has 1 aromatic carbocycles. The molecule has 7 nitrogen and oxygen atoms in total. The highest BCUT2D eigenvalue weighted by Crippen LogP contribution is 2.30. The van der Waals surface area contributed by atoms with E-state index >= 15 is 0 Å². The highest BCUT2D eigenvalue weighted by atomic mass is 19.3. The lowest BCUT2D eigenvalue weighted by Crippen LogP contribution is -2.32. The van der Waals surface area contributed by atoms with Crippen molar-refractivity contribution in [1.29, 1.82) is 0 Å². The summed E-state index contributed by atoms with van der Waals surface area (Å²) >= 11 is 0. The van der Waals surface area contributed by atoms with E-state index in [1.165, 1.54) is 6.07 Å². The number of aliphatic imine (C=N–C) groups is 1. The fraction of sp³-hybridized carbons (Fsp3) is 0.385. The average Bonchev–Trinajstić information content (AvgIpc) is 3.07. The molecular weight excluding hydrogens is 452 g/mol. The topological polar surface area (TPSA) is 81.4 Å². The van der Waals surface area contributed by atoms with Crippen molar-refractivity contribution in [1.82, 2.24) is 20.1 Å². The van der Waals surface area contributed by atoms with Gasteiger partial charge in [0, 0.05) is 47.6 Å². The van der Waals surface area contributed by atoms with E-state index in [2.05, 4.69) is 20.4 Å². The van der Waals surface area contributed by atoms with E-state index in [-0.39, 0.29) is 35.6 Å². The van der Waals surface area contributed by atoms with E-state index in [0.29, 0.717) is 18.0 Å². The molecule has 0 radical (unpaired) electrons. The lowest BCUT2D eigenvalue weighted by atomic mass is 9.96. The lowest BCUT2D eigenvalue weighted by Gasteiger charge is -2.17. The van der Waals surface area contributed by atoms with E-state index in [9.17, 15) is 13.6 Å². The molecule has 1 atom stereocenters. The number of aromatic nitrogens is 3. The zero-order valence-electron chi connectivity index (χ0n) is 20.9. The van der Waals surface area contributed by atoms with Crippen molar-refractivity contribution in [2.45, 2.75) is 47.1 Å². The molecule has 1 N–H and O–H groups in total. The molecule has 0 saturated heterocycles. The highest BCUT2D eigenvalue weighted by molar-refractivity contribution is 6.14. The van der Waals surface area contributed by atoms with Crippen molar-refractivity contribution in [3.63, 3.8) is 0 Å². The molecule has 35 heavy (non-hydrogen) atoms. The van der Waals surface area contributed by atoms with Crippen LogP contribution >= 0.6 is 0 Å². The second-order valence-corrected chi connectivity index (χ2v) is 8.29. The van der Waals surface area contributed by atoms with Crippen LogP contribution in [0.2, 0.25) is 0 Å². The molecule has 0 bridgehead atoms. The van der Waals surface area contributed by atoms with Crippen LogP contribution in [0, 0.1) is 20.8 Å². The Morgan fingerprint density at radius 2 is 1.86 bits per heavy atom. The Hall–Kier alpha value is -3.62. The summed E-state index contributed by atoms with van der Waals surface area (Å²) in [6.45, 7) is 9.23. The smallest absolute Gasteiger partial charge is 0.264 e. The van der Waals surface area contributed by atoms with E-state index in [4.69, 9.17) is 4.74 Å². The molecule has 0 saturated carbocycles. The van der Waals surface area contributed by atoms with Gasteiger partial charge in [0.25, 0.3) is 12.3 Å². The minimum atomic E-state index is -2.77. The number of hydrogen-bond donors (Lipinski definition) is 1. The number of alkyl halides is 2. The van der Waals surface area contributed by atoms with Crippen LogP contribution in [0.1, 0.15) is 65.7 Å². The number of nitrogens with one attached hydrogen (secondary N) is 1. The van der Waals surface area contributed by atoms with Crippen LogP contribution in [0.3, 0.4) is 0 Å². The number of carbonyl (C=O) groups excluding carboxylic acids is 1. The molecule has 1 amide bonds. The average molecular weight is 484 g/mol. The van der Waals surface area contributed by atoms with E-state index in [1.807, 2.05) is 65.1 Å². The number of nitrogens with zero attached hydrogens (tertiary/aromatic N) is 4. The minimum absolute atomic E-state index is 0.0398. The van der Waals surface area contributed by atoms with Crippen LogP contribution in [-0.2, 0) is 11.8 Å². The molecule has 0 spiro atoms. The second kappa shape index (κ2) is 11.2. The Kier molecular flexibility index (Phi) is 8.32. The molecule has 3 aromatic rings. The van der Waals surface area contributed by atoms with Crippen molar-refractivity contribution in [2.24, 2.45) is 12.0 Å². The van der Waals surface area contributed by atoms with Gasteiger partial charge >= 0.3 is 0 Å². The van der Waals surface area contributed by atoms with Crippen LogP contribution in [0.25, 0.3) is 0 Å². The van der Waals surface area contributed by atoms with Gasteiger partial charge < -0.3 is 10.1 Å². The summed E-state index contributed by atoms with van der Waals surface area (Å²) in [6, 6.07) is 10.1. The number of benzene rings is 1. The van der Waals surface area contributed by atoms with Gasteiger partial charge in [0.2, 0.25) is 5.88 Å². The summed E-state index contributed by atoms with van der Waals surface area (Å²) in [6.07, 6.45) is -2.77. The Bertz CT molecular complexity index is 1220. The molecule has 9 heteroatoms. The van der Waals surface area contributed by atoms with Crippen molar-refractivity contribution >= 4 is 11.6 Å². The predicted molar refractivity (Wildman–Crippen MR) is 131 cm³/mol. The van der Waals surface area contributed by atoms with Gasteiger partial charge in [-0.05, 0) is 34.6 Å². The van der Waals surface area contributed by atoms with Crippen LogP contribution < -0.4 is 10.1 Å². The molecular formula is C26H31F2N5O2. The summed E-state index contributed by atoms with van der Waals surface area (Å²) in [7, 11) is 1.84. The minimum Gasteiger partial charge on any atom is -0.468 e. The summed E-state index contributed by atoms with van der Waals surface area (Å²) in [4.78, 5) is 21.4. The maximum atomic E-state index is 14.1. The standard InChI is InChI=1S/C26H31F2N5O2/c1-7-29-25(19-11-9-8-10-12-19)24-16(3)31-22(13-20(24)26(27)28)35-14-21(34)30-15(2)23-17(4)32-33(6)18(23)5/h8-13,15,26H,7,14H2,1-6H3,(H,30,34). The quantitative estimate of drug-likeness (QED) is 0.444. The number of halogens is 2. The third-order valence-corrected chi connectivity index (χ3v) is 5.77. The van der Waals surface area contributed by atoms with Crippen LogP contribution in [0.15, 0.2) is 41.4 Å². The molecule has 186 valence electrons. The first-order chi connectivity index (χ1) is 16.6. The zero-order valence-corrected chi connectivity index (χ0v) is 20.9. The molecule has 0 aliphatic rings. The maximum absolute atomic E-state index is 14.1. The van der Waals surface area contributed by atoms with E-state index in [1.54, 1.807) is 11.6 Å². The molecule has 0 aliphatic heterocycles. The first-order valence-electron chi connectivity index (χ1n) is 11.5. The first-order valence-corrected chi connectivity index (χ1v) is 11.5. The number of amides is 1. The Balaban J connectivity index is 1.81. The highest BCUT2D eigenvalue weighted by Gasteiger charge is 2.24. The summed E-state index contributed by atoms with van der Waals surface area (Å²) < 4.78 is 35.5. The van der Waals surface area contributed by atoms with Gasteiger partial charge in [-0.2, -0.15) is 5.10 Å². The second-order valence-electron chi connectivity index (χ2n) is 8.29. The maximum Gasteiger partial charge on any atom is 0.264 e. The van der Waals surface area contributed by atoms with Gasteiger partial charge in [-0.15, -0.1) is 0 Å². The van der Waals surface area contributed by atoms with Gasteiger partial charge in [-0.1, -0.05) is 30.3 Å². The third-order valence-electron chi connectivity index (χ3n) is 5.77. The van der Waals surface area contributed by atoms with Crippen molar-refractivity contribution in [3.05, 3.63) is 75.7 Å². The largest absolute Gasteiger partial charge is 0.468 e. The lowest BCUT2D eigenvalue weighted by molar-refractivity contribution is -0.123. The number of ether oxygens (including phenoxy) is 1. The number of carbonyl (C=O) groups is 1. The van der Waals surface area contributed by atoms with Crippen molar-refractivity contribution in [3.8, 4) is 5.88 Å². The SMILES string of the molecule is CCN=C(c1ccccc1)c1c(C(F)F)cc(OCC(=O)NC(C)c2c(C)nn(C)c2C)nc1C. The normalized spacial score (nSPS) is 12.7. The predicted octanol–water partition coefficient (Wildman–Crippen LogP) is 4.79. The van der Waals surface area contributed by atoms with Gasteiger partial charge in [0.05, 0.1) is 23.1 Å². The Labute approximate surface area is 204 Å². The molecule has 0 aliphatic carbocycles. The van der Waals surface area contributed by atoms with Crippen molar-refractivity contribution in [2.75, 3.05) is 13.2 Å². The summed E-state index contributed by atoms with van der Waals surface area (Å²) in [5, 5.41) is 7.24. The third kappa shape index (κ3) is 5.90. The van der Waals surface area contributed by atoms with E-state index in [0.717, 1.165) is 22.5 Å². The number of aryl methyl sites for hydroxylation is 3. The zero-order chi connectivity index (χ0) is 25.7. The fourth-order valence-corrected chi connectivity index (χ4v) is 4.20. The van der Waals surface area contributed by atoms with Gasteiger partial charge in [0.15, 0.2) is 6.61 Å². The first kappa shape index (κ1) is 26.0. The van der Waals surface area contributed by atoms with Crippen LogP contribution in [-0.4, -0.2) is 39.5 Å². The Morgan fingerprint density at radius 1 is 1.17 bits per heavy atom. The number of rotatable bonds is 9. The fourth-order valence-electron chi connectivity index (χ4n) is 4.20. The van der Waals surface area contributed by atoms with Crippen LogP contribution in [0.5, 0.6) is 5.88 Å². The summed E-state index contributed by atoms with van der Waals surface area (Å²) in [5.41, 5.74) is 4.29. The molecule has 0 fully saturated rings. The van der Waals surface area contributed by atoms with Crippen molar-refractivity contribution < 1.29 is 18.3 Å². The van der Waals surface area contributed by atoms with Gasteiger partial charge in [-0.3, -0.25) is 14.5 Å². The Morgan fingerprint density at radius 3 is 2.43 bits per heavy atom. The monoisotopic (exact) mass is 483 g/mol. The van der Waals surface area contributed by atoms with Crippen LogP contribution in [0.4, 0.5) is 8.78 Å². The molecule has 3 rings (SSSR count). The molecule has 1 unspecified atom stereocenters. The van der Waals surface area contributed by atoms with E-state index < -0.39 is 6.43 Å². The van der Waals surface area contributed by atoms with Gasteiger partial charge in [-0.25, -0.2) is 13.8 Å².